The van der Waals surface area contributed by atoms with Gasteiger partial charge in [0, 0.05) is 21.7 Å². The SMILES string of the molecule is Cc1ccc2cccc(Oc3ncnc(Nc4ccc(Br)cn4)c3[N+](=O)[O-])c2n1. The van der Waals surface area contributed by atoms with Crippen LogP contribution in [0.15, 0.2) is 59.5 Å². The van der Waals surface area contributed by atoms with E-state index in [0.717, 1.165) is 15.6 Å². The third kappa shape index (κ3) is 3.97. The van der Waals surface area contributed by atoms with Crippen molar-refractivity contribution in [1.29, 1.82) is 0 Å². The number of ether oxygens (including phenoxy) is 1. The molecule has 0 bridgehead atoms. The van der Waals surface area contributed by atoms with Gasteiger partial charge < -0.3 is 10.1 Å². The van der Waals surface area contributed by atoms with E-state index in [1.807, 2.05) is 25.1 Å². The van der Waals surface area contributed by atoms with E-state index in [1.165, 1.54) is 6.33 Å². The fourth-order valence-electron chi connectivity index (χ4n) is 2.67. The molecular formula is C19H13BrN6O3. The molecule has 0 atom stereocenters. The first-order valence-electron chi connectivity index (χ1n) is 8.43. The van der Waals surface area contributed by atoms with Crippen LogP contribution in [0.2, 0.25) is 0 Å². The minimum absolute atomic E-state index is 0.0285. The van der Waals surface area contributed by atoms with E-state index in [-0.39, 0.29) is 11.7 Å². The van der Waals surface area contributed by atoms with Crippen molar-refractivity contribution in [2.24, 2.45) is 0 Å². The van der Waals surface area contributed by atoms with E-state index in [9.17, 15) is 10.1 Å². The Morgan fingerprint density at radius 2 is 1.97 bits per heavy atom. The van der Waals surface area contributed by atoms with E-state index in [2.05, 4.69) is 41.2 Å². The highest BCUT2D eigenvalue weighted by atomic mass is 79.9. The highest BCUT2D eigenvalue weighted by Gasteiger charge is 2.26. The maximum atomic E-state index is 11.8. The van der Waals surface area contributed by atoms with Crippen LogP contribution in [-0.4, -0.2) is 24.9 Å². The molecule has 0 saturated carbocycles. The molecule has 0 aliphatic carbocycles. The molecule has 0 unspecified atom stereocenters. The summed E-state index contributed by atoms with van der Waals surface area (Å²) in [5.41, 5.74) is 0.987. The standard InChI is InChI=1S/C19H13BrN6O3/c1-11-5-6-12-3-2-4-14(16(12)24-11)29-19-17(26(27)28)18(22-10-23-19)25-15-8-7-13(20)9-21-15/h2-10H,1H3,(H,21,22,23,25). The number of nitrogens with zero attached hydrogens (tertiary/aromatic N) is 5. The van der Waals surface area contributed by atoms with E-state index in [4.69, 9.17) is 4.74 Å². The Balaban J connectivity index is 1.76. The minimum atomic E-state index is -0.597. The van der Waals surface area contributed by atoms with Crippen molar-refractivity contribution in [1.82, 2.24) is 19.9 Å². The number of para-hydroxylation sites is 1. The number of rotatable bonds is 5. The van der Waals surface area contributed by atoms with Crippen molar-refractivity contribution in [3.8, 4) is 11.6 Å². The number of anilines is 2. The van der Waals surface area contributed by atoms with Gasteiger partial charge >= 0.3 is 11.6 Å². The Kier molecular flexibility index (Phi) is 5.00. The smallest absolute Gasteiger partial charge is 0.373 e. The van der Waals surface area contributed by atoms with Gasteiger partial charge in [0.15, 0.2) is 5.75 Å². The quantitative estimate of drug-likeness (QED) is 0.334. The van der Waals surface area contributed by atoms with Crippen LogP contribution >= 0.6 is 15.9 Å². The molecule has 1 N–H and O–H groups in total. The second-order valence-electron chi connectivity index (χ2n) is 6.00. The summed E-state index contributed by atoms with van der Waals surface area (Å²) >= 11 is 3.29. The number of nitro groups is 1. The molecule has 0 spiro atoms. The number of fused-ring (bicyclic) bond motifs is 1. The Labute approximate surface area is 173 Å². The average Bonchev–Trinajstić information content (AvgIpc) is 2.70. The molecule has 0 aliphatic heterocycles. The van der Waals surface area contributed by atoms with E-state index in [0.29, 0.717) is 17.1 Å². The number of halogens is 1. The van der Waals surface area contributed by atoms with Crippen molar-refractivity contribution in [2.45, 2.75) is 6.92 Å². The van der Waals surface area contributed by atoms with Gasteiger partial charge in [-0.15, -0.1) is 0 Å². The molecule has 1 aromatic carbocycles. The number of pyridine rings is 2. The molecular weight excluding hydrogens is 440 g/mol. The van der Waals surface area contributed by atoms with Crippen molar-refractivity contribution in [3.63, 3.8) is 0 Å². The molecule has 0 fully saturated rings. The number of nitrogens with one attached hydrogen (secondary N) is 1. The maximum Gasteiger partial charge on any atom is 0.373 e. The first kappa shape index (κ1) is 18.7. The number of hydrogen-bond donors (Lipinski definition) is 1. The molecule has 9 nitrogen and oxygen atoms in total. The Morgan fingerprint density at radius 3 is 2.72 bits per heavy atom. The summed E-state index contributed by atoms with van der Waals surface area (Å²) in [6.07, 6.45) is 2.75. The fourth-order valence-corrected chi connectivity index (χ4v) is 2.90. The third-order valence-electron chi connectivity index (χ3n) is 3.97. The minimum Gasteiger partial charge on any atom is -0.431 e. The molecule has 3 heterocycles. The summed E-state index contributed by atoms with van der Waals surface area (Å²) in [4.78, 5) is 27.7. The molecule has 0 radical (unpaired) electrons. The van der Waals surface area contributed by atoms with Crippen molar-refractivity contribution in [2.75, 3.05) is 5.32 Å². The second-order valence-corrected chi connectivity index (χ2v) is 6.92. The molecule has 4 rings (SSSR count). The first-order valence-corrected chi connectivity index (χ1v) is 9.23. The van der Waals surface area contributed by atoms with Gasteiger partial charge in [0.05, 0.1) is 4.92 Å². The molecule has 4 aromatic rings. The highest BCUT2D eigenvalue weighted by Crippen LogP contribution is 2.37. The van der Waals surface area contributed by atoms with E-state index in [1.54, 1.807) is 30.5 Å². The molecule has 0 saturated heterocycles. The second kappa shape index (κ2) is 7.76. The van der Waals surface area contributed by atoms with Crippen LogP contribution in [0.25, 0.3) is 10.9 Å². The zero-order chi connectivity index (χ0) is 20.4. The Morgan fingerprint density at radius 1 is 1.10 bits per heavy atom. The van der Waals surface area contributed by atoms with Crippen LogP contribution in [0.1, 0.15) is 5.69 Å². The number of aryl methyl sites for hydroxylation is 1. The van der Waals surface area contributed by atoms with Gasteiger partial charge in [-0.1, -0.05) is 18.2 Å². The van der Waals surface area contributed by atoms with Crippen molar-refractivity contribution >= 4 is 44.2 Å². The third-order valence-corrected chi connectivity index (χ3v) is 4.44. The van der Waals surface area contributed by atoms with E-state index >= 15 is 0 Å². The van der Waals surface area contributed by atoms with Gasteiger partial charge in [0.25, 0.3) is 0 Å². The summed E-state index contributed by atoms with van der Waals surface area (Å²) in [6, 6.07) is 12.6. The van der Waals surface area contributed by atoms with Crippen LogP contribution < -0.4 is 10.1 Å². The Hall–Kier alpha value is -3.66. The zero-order valence-corrected chi connectivity index (χ0v) is 16.6. The van der Waals surface area contributed by atoms with Crippen molar-refractivity contribution in [3.05, 3.63) is 75.3 Å². The first-order chi connectivity index (χ1) is 14.0. The van der Waals surface area contributed by atoms with Crippen LogP contribution in [0.5, 0.6) is 11.6 Å². The summed E-state index contributed by atoms with van der Waals surface area (Å²) < 4.78 is 6.59. The normalized spacial score (nSPS) is 10.7. The Bertz CT molecular complexity index is 1220. The van der Waals surface area contributed by atoms with Crippen LogP contribution in [-0.2, 0) is 0 Å². The van der Waals surface area contributed by atoms with Gasteiger partial charge in [-0.2, -0.15) is 4.98 Å². The number of aromatic nitrogens is 4. The molecule has 10 heteroatoms. The lowest BCUT2D eigenvalue weighted by atomic mass is 10.2. The van der Waals surface area contributed by atoms with Crippen LogP contribution in [0.3, 0.4) is 0 Å². The number of hydrogen-bond acceptors (Lipinski definition) is 8. The van der Waals surface area contributed by atoms with E-state index < -0.39 is 10.6 Å². The highest BCUT2D eigenvalue weighted by molar-refractivity contribution is 9.10. The molecule has 144 valence electrons. The molecule has 3 aromatic heterocycles. The zero-order valence-electron chi connectivity index (χ0n) is 15.0. The van der Waals surface area contributed by atoms with Gasteiger partial charge in [-0.25, -0.2) is 15.0 Å². The van der Waals surface area contributed by atoms with Gasteiger partial charge in [0.2, 0.25) is 5.82 Å². The molecule has 0 amide bonds. The maximum absolute atomic E-state index is 11.8. The lowest BCUT2D eigenvalue weighted by Gasteiger charge is -2.10. The largest absolute Gasteiger partial charge is 0.431 e. The van der Waals surface area contributed by atoms with Crippen molar-refractivity contribution < 1.29 is 9.66 Å². The summed E-state index contributed by atoms with van der Waals surface area (Å²) in [6.45, 7) is 1.86. The monoisotopic (exact) mass is 452 g/mol. The van der Waals surface area contributed by atoms with Gasteiger partial charge in [-0.3, -0.25) is 10.1 Å². The van der Waals surface area contributed by atoms with Crippen LogP contribution in [0, 0.1) is 17.0 Å². The van der Waals surface area contributed by atoms with Crippen LogP contribution in [0.4, 0.5) is 17.3 Å². The predicted octanol–water partition coefficient (Wildman–Crippen LogP) is 4.93. The number of benzene rings is 1. The molecule has 0 aliphatic rings. The predicted molar refractivity (Wildman–Crippen MR) is 110 cm³/mol. The molecule has 29 heavy (non-hydrogen) atoms. The summed E-state index contributed by atoms with van der Waals surface area (Å²) in [5.74, 6) is 0.531. The lowest BCUT2D eigenvalue weighted by Crippen LogP contribution is -2.04. The lowest BCUT2D eigenvalue weighted by molar-refractivity contribution is -0.385. The van der Waals surface area contributed by atoms with Gasteiger partial charge in [0.1, 0.15) is 17.7 Å². The van der Waals surface area contributed by atoms with Gasteiger partial charge in [-0.05, 0) is 47.1 Å². The average molecular weight is 453 g/mol. The summed E-state index contributed by atoms with van der Waals surface area (Å²) in [5, 5.41) is 15.4. The topological polar surface area (TPSA) is 116 Å². The fraction of sp³-hybridized carbons (Fsp3) is 0.0526. The summed E-state index contributed by atoms with van der Waals surface area (Å²) in [7, 11) is 0.